The smallest absolute Gasteiger partial charge is 0.428 e. The molecule has 0 spiro atoms. The first-order chi connectivity index (χ1) is 9.42. The van der Waals surface area contributed by atoms with Crippen molar-refractivity contribution in [2.45, 2.75) is 26.4 Å². The first-order valence-corrected chi connectivity index (χ1v) is 6.03. The van der Waals surface area contributed by atoms with Gasteiger partial charge in [-0.15, -0.1) is 0 Å². The number of carbonyl (C=O) groups excluding carboxylic acids is 1. The van der Waals surface area contributed by atoms with Crippen molar-refractivity contribution in [2.75, 3.05) is 6.61 Å². The molecule has 1 N–H and O–H groups in total. The minimum atomic E-state index is -0.635. The third-order valence-electron chi connectivity index (χ3n) is 1.97. The van der Waals surface area contributed by atoms with Crippen molar-refractivity contribution in [3.8, 4) is 11.8 Å². The van der Waals surface area contributed by atoms with Crippen molar-refractivity contribution in [2.24, 2.45) is 5.10 Å². The minimum absolute atomic E-state index is 0.0512. The molecule has 6 nitrogen and oxygen atoms in total. The van der Waals surface area contributed by atoms with Crippen molar-refractivity contribution in [3.63, 3.8) is 0 Å². The van der Waals surface area contributed by atoms with Crippen LogP contribution in [0, 0.1) is 11.3 Å². The number of carbonyl (C=O) groups is 1. The van der Waals surface area contributed by atoms with Gasteiger partial charge in [0.1, 0.15) is 17.4 Å². The van der Waals surface area contributed by atoms with Crippen molar-refractivity contribution >= 4 is 12.3 Å². The van der Waals surface area contributed by atoms with Crippen LogP contribution in [0.15, 0.2) is 29.4 Å². The summed E-state index contributed by atoms with van der Waals surface area (Å²) in [6.45, 7) is 5.24. The summed E-state index contributed by atoms with van der Waals surface area (Å²) in [5.41, 5.74) is 2.33. The van der Waals surface area contributed by atoms with Crippen LogP contribution < -0.4 is 10.2 Å². The Balaban J connectivity index is 2.62. The summed E-state index contributed by atoms with van der Waals surface area (Å²) in [6.07, 6.45) is 0.792. The number of hydrazone groups is 1. The summed E-state index contributed by atoms with van der Waals surface area (Å²) < 4.78 is 10.3. The van der Waals surface area contributed by atoms with Gasteiger partial charge in [-0.3, -0.25) is 0 Å². The lowest BCUT2D eigenvalue weighted by Crippen LogP contribution is -2.29. The first kappa shape index (κ1) is 15.5. The molecular formula is C14H17N3O3. The second-order valence-electron chi connectivity index (χ2n) is 4.86. The van der Waals surface area contributed by atoms with Crippen LogP contribution in [-0.4, -0.2) is 24.5 Å². The van der Waals surface area contributed by atoms with Gasteiger partial charge in [0.2, 0.25) is 0 Å². The monoisotopic (exact) mass is 275 g/mol. The number of benzene rings is 1. The number of para-hydroxylation sites is 1. The SMILES string of the molecule is CC(C)(C)OC(=O)NN=Cc1ccccc1OCC#N. The average molecular weight is 275 g/mol. The number of amides is 1. The van der Waals surface area contributed by atoms with E-state index in [1.165, 1.54) is 6.21 Å². The van der Waals surface area contributed by atoms with Crippen molar-refractivity contribution in [1.29, 1.82) is 5.26 Å². The quantitative estimate of drug-likeness (QED) is 0.675. The maximum absolute atomic E-state index is 11.4. The van der Waals surface area contributed by atoms with E-state index in [0.29, 0.717) is 11.3 Å². The molecule has 0 saturated heterocycles. The van der Waals surface area contributed by atoms with E-state index in [0.717, 1.165) is 0 Å². The zero-order valence-electron chi connectivity index (χ0n) is 11.7. The van der Waals surface area contributed by atoms with E-state index in [4.69, 9.17) is 14.7 Å². The molecule has 6 heteroatoms. The highest BCUT2D eigenvalue weighted by Gasteiger charge is 2.15. The van der Waals surface area contributed by atoms with Crippen LogP contribution in [0.1, 0.15) is 26.3 Å². The summed E-state index contributed by atoms with van der Waals surface area (Å²) in [5.74, 6) is 0.517. The lowest BCUT2D eigenvalue weighted by Gasteiger charge is -2.18. The Labute approximate surface area is 118 Å². The Bertz CT molecular complexity index is 527. The van der Waals surface area contributed by atoms with Gasteiger partial charge < -0.3 is 9.47 Å². The molecule has 1 amide bonds. The third kappa shape index (κ3) is 5.87. The van der Waals surface area contributed by atoms with E-state index in [2.05, 4.69) is 10.5 Å². The second kappa shape index (κ2) is 7.14. The Morgan fingerprint density at radius 2 is 2.15 bits per heavy atom. The van der Waals surface area contributed by atoms with Crippen LogP contribution >= 0.6 is 0 Å². The molecule has 0 heterocycles. The fraction of sp³-hybridized carbons (Fsp3) is 0.357. The molecule has 0 radical (unpaired) electrons. The molecule has 1 aromatic rings. The molecule has 1 rings (SSSR count). The lowest BCUT2D eigenvalue weighted by atomic mass is 10.2. The Kier molecular flexibility index (Phi) is 5.54. The highest BCUT2D eigenvalue weighted by molar-refractivity contribution is 5.84. The van der Waals surface area contributed by atoms with Gasteiger partial charge in [0.25, 0.3) is 0 Å². The van der Waals surface area contributed by atoms with E-state index in [1.807, 2.05) is 6.07 Å². The molecule has 0 aromatic heterocycles. The summed E-state index contributed by atoms with van der Waals surface area (Å²) >= 11 is 0. The zero-order chi connectivity index (χ0) is 15.0. The van der Waals surface area contributed by atoms with Crippen molar-refractivity contribution in [1.82, 2.24) is 5.43 Å². The van der Waals surface area contributed by atoms with Gasteiger partial charge in [0.15, 0.2) is 6.61 Å². The number of ether oxygens (including phenoxy) is 2. The van der Waals surface area contributed by atoms with Crippen LogP contribution in [-0.2, 0) is 4.74 Å². The van der Waals surface area contributed by atoms with Crippen LogP contribution in [0.2, 0.25) is 0 Å². The first-order valence-electron chi connectivity index (χ1n) is 6.03. The van der Waals surface area contributed by atoms with E-state index < -0.39 is 11.7 Å². The standard InChI is InChI=1S/C14H17N3O3/c1-14(2,3)20-13(18)17-16-10-11-6-4-5-7-12(11)19-9-8-15/h4-7,10H,9H2,1-3H3,(H,17,18). The maximum atomic E-state index is 11.4. The molecule has 1 aromatic carbocycles. The number of hydrogen-bond donors (Lipinski definition) is 1. The summed E-state index contributed by atoms with van der Waals surface area (Å²) in [6, 6.07) is 8.94. The maximum Gasteiger partial charge on any atom is 0.428 e. The van der Waals surface area contributed by atoms with Gasteiger partial charge in [-0.2, -0.15) is 10.4 Å². The molecule has 0 bridgehead atoms. The van der Waals surface area contributed by atoms with Gasteiger partial charge in [0, 0.05) is 5.56 Å². The number of nitriles is 1. The van der Waals surface area contributed by atoms with Gasteiger partial charge >= 0.3 is 6.09 Å². The van der Waals surface area contributed by atoms with Crippen LogP contribution in [0.5, 0.6) is 5.75 Å². The van der Waals surface area contributed by atoms with Crippen molar-refractivity contribution in [3.05, 3.63) is 29.8 Å². The normalized spacial score (nSPS) is 10.9. The molecule has 0 aliphatic carbocycles. The predicted octanol–water partition coefficient (Wildman–Crippen LogP) is 2.45. The molecule has 0 fully saturated rings. The fourth-order valence-corrected chi connectivity index (χ4v) is 1.28. The third-order valence-corrected chi connectivity index (χ3v) is 1.97. The van der Waals surface area contributed by atoms with Crippen molar-refractivity contribution < 1.29 is 14.3 Å². The van der Waals surface area contributed by atoms with E-state index in [-0.39, 0.29) is 6.61 Å². The zero-order valence-corrected chi connectivity index (χ0v) is 11.7. The van der Waals surface area contributed by atoms with E-state index in [9.17, 15) is 4.79 Å². The second-order valence-corrected chi connectivity index (χ2v) is 4.86. The number of nitrogens with zero attached hydrogens (tertiary/aromatic N) is 2. The number of hydrogen-bond acceptors (Lipinski definition) is 5. The average Bonchev–Trinajstić information content (AvgIpc) is 2.35. The largest absolute Gasteiger partial charge is 0.478 e. The summed E-state index contributed by atoms with van der Waals surface area (Å²) in [5, 5.41) is 12.3. The number of nitrogens with one attached hydrogen (secondary N) is 1. The molecule has 0 saturated carbocycles. The Morgan fingerprint density at radius 3 is 2.80 bits per heavy atom. The highest BCUT2D eigenvalue weighted by Crippen LogP contribution is 2.15. The van der Waals surface area contributed by atoms with E-state index in [1.54, 1.807) is 45.0 Å². The number of rotatable bonds is 4. The van der Waals surface area contributed by atoms with Crippen LogP contribution in [0.3, 0.4) is 0 Å². The molecule has 0 aliphatic rings. The Hall–Kier alpha value is -2.55. The molecule has 106 valence electrons. The molecule has 0 atom stereocenters. The predicted molar refractivity (Wildman–Crippen MR) is 74.5 cm³/mol. The Morgan fingerprint density at radius 1 is 1.45 bits per heavy atom. The van der Waals surface area contributed by atoms with Gasteiger partial charge in [-0.05, 0) is 32.9 Å². The van der Waals surface area contributed by atoms with Gasteiger partial charge in [-0.1, -0.05) is 12.1 Å². The lowest BCUT2D eigenvalue weighted by molar-refractivity contribution is 0.0529. The molecule has 0 aliphatic heterocycles. The summed E-state index contributed by atoms with van der Waals surface area (Å²) in [7, 11) is 0. The summed E-state index contributed by atoms with van der Waals surface area (Å²) in [4.78, 5) is 11.4. The highest BCUT2D eigenvalue weighted by atomic mass is 16.6. The van der Waals surface area contributed by atoms with Crippen LogP contribution in [0.25, 0.3) is 0 Å². The molecule has 0 unspecified atom stereocenters. The van der Waals surface area contributed by atoms with Crippen LogP contribution in [0.4, 0.5) is 4.79 Å². The van der Waals surface area contributed by atoms with Gasteiger partial charge in [-0.25, -0.2) is 10.2 Å². The minimum Gasteiger partial charge on any atom is -0.478 e. The van der Waals surface area contributed by atoms with Gasteiger partial charge in [0.05, 0.1) is 6.21 Å². The fourth-order valence-electron chi connectivity index (χ4n) is 1.28. The topological polar surface area (TPSA) is 83.7 Å². The molecule has 20 heavy (non-hydrogen) atoms. The van der Waals surface area contributed by atoms with E-state index >= 15 is 0 Å². The molecular weight excluding hydrogens is 258 g/mol.